The van der Waals surface area contributed by atoms with E-state index >= 15 is 0 Å². The van der Waals surface area contributed by atoms with Crippen molar-refractivity contribution in [3.05, 3.63) is 33.3 Å². The predicted molar refractivity (Wildman–Crippen MR) is 61.1 cm³/mol. The number of nitro benzene ring substituents is 1. The molecule has 1 aromatic rings. The molecule has 0 spiro atoms. The highest BCUT2D eigenvalue weighted by molar-refractivity contribution is 8.00. The summed E-state index contributed by atoms with van der Waals surface area (Å²) < 4.78 is 0. The molecular weight excluding hydrogens is 254 g/mol. The fourth-order valence-corrected chi connectivity index (χ4v) is 2.24. The van der Waals surface area contributed by atoms with Gasteiger partial charge in [0.05, 0.1) is 9.82 Å². The molecule has 0 aromatic heterocycles. The summed E-state index contributed by atoms with van der Waals surface area (Å²) in [5.74, 6) is -1.03. The lowest BCUT2D eigenvalue weighted by molar-refractivity contribution is -0.387. The van der Waals surface area contributed by atoms with Gasteiger partial charge < -0.3 is 5.11 Å². The van der Waals surface area contributed by atoms with Gasteiger partial charge in [0.1, 0.15) is 10.3 Å². The van der Waals surface area contributed by atoms with E-state index in [1.54, 1.807) is 6.07 Å². The molecule has 0 fully saturated rings. The van der Waals surface area contributed by atoms with Crippen molar-refractivity contribution in [3.63, 3.8) is 0 Å². The van der Waals surface area contributed by atoms with Gasteiger partial charge in [0.2, 0.25) is 0 Å². The Bertz CT molecular complexity index is 438. The number of thioether (sulfide) groups is 1. The topological polar surface area (TPSA) is 80.4 Å². The van der Waals surface area contributed by atoms with E-state index in [0.717, 1.165) is 11.8 Å². The van der Waals surface area contributed by atoms with E-state index in [4.69, 9.17) is 16.7 Å². The molecule has 16 heavy (non-hydrogen) atoms. The van der Waals surface area contributed by atoms with Crippen LogP contribution in [0.15, 0.2) is 23.1 Å². The fraction of sp³-hybridized carbons (Fsp3) is 0.222. The van der Waals surface area contributed by atoms with Crippen LogP contribution in [0.3, 0.4) is 0 Å². The lowest BCUT2D eigenvalue weighted by Gasteiger charge is -2.07. The zero-order chi connectivity index (χ0) is 12.3. The zero-order valence-electron chi connectivity index (χ0n) is 8.21. The molecule has 0 heterocycles. The van der Waals surface area contributed by atoms with Crippen molar-refractivity contribution in [1.82, 2.24) is 0 Å². The molecule has 0 saturated carbocycles. The third-order valence-electron chi connectivity index (χ3n) is 1.78. The van der Waals surface area contributed by atoms with Gasteiger partial charge in [0.15, 0.2) is 0 Å². The summed E-state index contributed by atoms with van der Waals surface area (Å²) >= 11 is 6.58. The van der Waals surface area contributed by atoms with E-state index in [1.165, 1.54) is 19.1 Å². The van der Waals surface area contributed by atoms with Crippen molar-refractivity contribution in [2.75, 3.05) is 0 Å². The maximum Gasteiger partial charge on any atom is 0.316 e. The summed E-state index contributed by atoms with van der Waals surface area (Å²) in [6, 6.07) is 4.43. The van der Waals surface area contributed by atoms with E-state index < -0.39 is 16.1 Å². The number of halogens is 1. The largest absolute Gasteiger partial charge is 0.480 e. The Balaban J connectivity index is 3.09. The highest BCUT2D eigenvalue weighted by Crippen LogP contribution is 2.36. The maximum absolute atomic E-state index is 10.8. The van der Waals surface area contributed by atoms with Crippen LogP contribution in [0.25, 0.3) is 0 Å². The molecule has 0 amide bonds. The van der Waals surface area contributed by atoms with Crippen molar-refractivity contribution in [2.24, 2.45) is 0 Å². The number of nitrogens with zero attached hydrogens (tertiary/aromatic N) is 1. The van der Waals surface area contributed by atoms with Crippen LogP contribution in [0.1, 0.15) is 6.92 Å². The third-order valence-corrected chi connectivity index (χ3v) is 3.23. The lowest BCUT2D eigenvalue weighted by Crippen LogP contribution is -2.11. The molecule has 1 atom stereocenters. The van der Waals surface area contributed by atoms with Gasteiger partial charge in [0, 0.05) is 0 Å². The van der Waals surface area contributed by atoms with Crippen molar-refractivity contribution < 1.29 is 14.8 Å². The number of carbonyl (C=O) groups is 1. The Hall–Kier alpha value is -1.27. The summed E-state index contributed by atoms with van der Waals surface area (Å²) in [5.41, 5.74) is -0.248. The van der Waals surface area contributed by atoms with Crippen LogP contribution in [-0.4, -0.2) is 21.2 Å². The average Bonchev–Trinajstić information content (AvgIpc) is 2.16. The SMILES string of the molecule is CC(Sc1cccc(Cl)c1[N+](=O)[O-])C(=O)O. The van der Waals surface area contributed by atoms with Gasteiger partial charge in [-0.1, -0.05) is 17.7 Å². The van der Waals surface area contributed by atoms with Gasteiger partial charge in [-0.2, -0.15) is 0 Å². The number of aliphatic carboxylic acids is 1. The Labute approximate surface area is 101 Å². The Morgan fingerprint density at radius 2 is 2.25 bits per heavy atom. The monoisotopic (exact) mass is 261 g/mol. The number of hydrogen-bond donors (Lipinski definition) is 1. The normalized spacial score (nSPS) is 12.1. The maximum atomic E-state index is 10.8. The van der Waals surface area contributed by atoms with E-state index in [0.29, 0.717) is 0 Å². The quantitative estimate of drug-likeness (QED) is 0.512. The molecule has 1 unspecified atom stereocenters. The number of carboxylic acids is 1. The summed E-state index contributed by atoms with van der Waals surface area (Å²) in [6.45, 7) is 1.46. The molecule has 1 aromatic carbocycles. The van der Waals surface area contributed by atoms with E-state index in [2.05, 4.69) is 0 Å². The highest BCUT2D eigenvalue weighted by atomic mass is 35.5. The molecular formula is C9H8ClNO4S. The Morgan fingerprint density at radius 1 is 1.62 bits per heavy atom. The molecule has 5 nitrogen and oxygen atoms in total. The van der Waals surface area contributed by atoms with Crippen LogP contribution >= 0.6 is 23.4 Å². The van der Waals surface area contributed by atoms with Gasteiger partial charge in [0.25, 0.3) is 0 Å². The van der Waals surface area contributed by atoms with Crippen molar-refractivity contribution >= 4 is 35.0 Å². The summed E-state index contributed by atoms with van der Waals surface area (Å²) in [7, 11) is 0. The van der Waals surface area contributed by atoms with Gasteiger partial charge in [-0.05, 0) is 19.1 Å². The lowest BCUT2D eigenvalue weighted by atomic mass is 10.3. The highest BCUT2D eigenvalue weighted by Gasteiger charge is 2.22. The third kappa shape index (κ3) is 2.86. The number of nitro groups is 1. The first-order chi connectivity index (χ1) is 7.43. The standard InChI is InChI=1S/C9H8ClNO4S/c1-5(9(12)13)16-7-4-2-3-6(10)8(7)11(14)15/h2-5H,1H3,(H,12,13). The second-order valence-corrected chi connectivity index (χ2v) is 4.73. The van der Waals surface area contributed by atoms with Crippen molar-refractivity contribution in [1.29, 1.82) is 0 Å². The molecule has 0 saturated heterocycles. The van der Waals surface area contributed by atoms with Crippen LogP contribution in [0.4, 0.5) is 5.69 Å². The number of hydrogen-bond acceptors (Lipinski definition) is 4. The first kappa shape index (κ1) is 12.8. The van der Waals surface area contributed by atoms with Gasteiger partial charge in [-0.3, -0.25) is 14.9 Å². The van der Waals surface area contributed by atoms with Crippen molar-refractivity contribution in [3.8, 4) is 0 Å². The fourth-order valence-electron chi connectivity index (χ4n) is 1.01. The minimum Gasteiger partial charge on any atom is -0.480 e. The second-order valence-electron chi connectivity index (χ2n) is 2.94. The number of para-hydroxylation sites is 1. The predicted octanol–water partition coefficient (Wildman–Crippen LogP) is 2.81. The van der Waals surface area contributed by atoms with Crippen LogP contribution in [0.5, 0.6) is 0 Å². The van der Waals surface area contributed by atoms with Crippen LogP contribution < -0.4 is 0 Å². The Morgan fingerprint density at radius 3 is 2.75 bits per heavy atom. The smallest absolute Gasteiger partial charge is 0.316 e. The molecule has 0 radical (unpaired) electrons. The molecule has 86 valence electrons. The van der Waals surface area contributed by atoms with Crippen molar-refractivity contribution in [2.45, 2.75) is 17.1 Å². The van der Waals surface area contributed by atoms with Gasteiger partial charge in [-0.25, -0.2) is 0 Å². The molecule has 1 N–H and O–H groups in total. The van der Waals surface area contributed by atoms with Gasteiger partial charge >= 0.3 is 11.7 Å². The van der Waals surface area contributed by atoms with E-state index in [9.17, 15) is 14.9 Å². The molecule has 7 heteroatoms. The Kier molecular flexibility index (Phi) is 4.14. The summed E-state index contributed by atoms with van der Waals surface area (Å²) in [4.78, 5) is 21.0. The molecule has 1 rings (SSSR count). The van der Waals surface area contributed by atoms with E-state index in [-0.39, 0.29) is 15.6 Å². The molecule has 0 aliphatic carbocycles. The van der Waals surface area contributed by atoms with Crippen LogP contribution in [0.2, 0.25) is 5.02 Å². The first-order valence-corrected chi connectivity index (χ1v) is 5.51. The molecule has 0 aliphatic rings. The van der Waals surface area contributed by atoms with Crippen LogP contribution in [0, 0.1) is 10.1 Å². The summed E-state index contributed by atoms with van der Waals surface area (Å²) in [5, 5.41) is 18.7. The number of carboxylic acid groups (broad SMARTS) is 1. The summed E-state index contributed by atoms with van der Waals surface area (Å²) in [6.07, 6.45) is 0. The first-order valence-electron chi connectivity index (χ1n) is 4.26. The zero-order valence-corrected chi connectivity index (χ0v) is 9.79. The minimum absolute atomic E-state index is 0.00703. The van der Waals surface area contributed by atoms with Gasteiger partial charge in [-0.15, -0.1) is 11.8 Å². The molecule has 0 bridgehead atoms. The van der Waals surface area contributed by atoms with E-state index in [1.807, 2.05) is 0 Å². The van der Waals surface area contributed by atoms with Crippen LogP contribution in [-0.2, 0) is 4.79 Å². The number of benzene rings is 1. The second kappa shape index (κ2) is 5.18. The minimum atomic E-state index is -1.03. The molecule has 0 aliphatic heterocycles. The average molecular weight is 262 g/mol. The number of rotatable bonds is 4.